The summed E-state index contributed by atoms with van der Waals surface area (Å²) in [5.41, 5.74) is 9.46. The van der Waals surface area contributed by atoms with Crippen molar-refractivity contribution in [1.29, 1.82) is 0 Å². The molecule has 0 fully saturated rings. The fourth-order valence-corrected chi connectivity index (χ4v) is 4.89. The number of hydrogen-bond donors (Lipinski definition) is 0. The summed E-state index contributed by atoms with van der Waals surface area (Å²) in [4.78, 5) is 0. The van der Waals surface area contributed by atoms with Crippen LogP contribution in [0.4, 0.5) is 0 Å². The molecular weight excluding hydrogens is 488 g/mol. The van der Waals surface area contributed by atoms with Crippen LogP contribution in [0.3, 0.4) is 0 Å². The monoisotopic (exact) mass is 526 g/mol. The van der Waals surface area contributed by atoms with Crippen molar-refractivity contribution in [3.8, 4) is 33.8 Å². The first-order chi connectivity index (χ1) is 19.5. The molecule has 0 atom stereocenters. The molecule has 0 aliphatic rings. The first kappa shape index (κ1) is 27.3. The summed E-state index contributed by atoms with van der Waals surface area (Å²) in [5.74, 6) is 2.81. The highest BCUT2D eigenvalue weighted by Gasteiger charge is 2.10. The van der Waals surface area contributed by atoms with Crippen molar-refractivity contribution in [3.05, 3.63) is 144 Å². The van der Waals surface area contributed by atoms with E-state index in [1.54, 1.807) is 0 Å². The van der Waals surface area contributed by atoms with Gasteiger partial charge >= 0.3 is 0 Å². The predicted molar refractivity (Wildman–Crippen MR) is 167 cm³/mol. The molecule has 0 heterocycles. The van der Waals surface area contributed by atoms with Crippen molar-refractivity contribution in [2.75, 3.05) is 0 Å². The normalized spacial score (nSPS) is 11.2. The topological polar surface area (TPSA) is 18.5 Å². The predicted octanol–water partition coefficient (Wildman–Crippen LogP) is 10.4. The summed E-state index contributed by atoms with van der Waals surface area (Å²) < 4.78 is 12.7. The molecule has 0 N–H and O–H groups in total. The van der Waals surface area contributed by atoms with Crippen LogP contribution in [0.15, 0.2) is 121 Å². The van der Waals surface area contributed by atoms with Crippen molar-refractivity contribution in [2.45, 2.75) is 52.7 Å². The Kier molecular flexibility index (Phi) is 8.66. The van der Waals surface area contributed by atoms with Crippen molar-refractivity contribution in [1.82, 2.24) is 0 Å². The molecule has 0 amide bonds. The minimum atomic E-state index is 0.494. The Morgan fingerprint density at radius 2 is 0.850 bits per heavy atom. The lowest BCUT2D eigenvalue weighted by Crippen LogP contribution is -2.01. The molecule has 0 spiro atoms. The van der Waals surface area contributed by atoms with E-state index in [0.717, 1.165) is 33.8 Å². The second-order valence-electron chi connectivity index (χ2n) is 10.9. The molecule has 5 rings (SSSR count). The molecule has 202 valence electrons. The van der Waals surface area contributed by atoms with Gasteiger partial charge in [0.1, 0.15) is 24.7 Å². The van der Waals surface area contributed by atoms with Gasteiger partial charge in [0.15, 0.2) is 0 Å². The summed E-state index contributed by atoms with van der Waals surface area (Å²) >= 11 is 0. The molecule has 5 aromatic rings. The average Bonchev–Trinajstić information content (AvgIpc) is 2.99. The lowest BCUT2D eigenvalue weighted by Gasteiger charge is -2.14. The second-order valence-corrected chi connectivity index (χ2v) is 10.9. The summed E-state index contributed by atoms with van der Waals surface area (Å²) in [5, 5.41) is 0. The molecule has 0 unspecified atom stereocenters. The highest BCUT2D eigenvalue weighted by Crippen LogP contribution is 2.33. The Hall–Kier alpha value is -4.30. The highest BCUT2D eigenvalue weighted by atomic mass is 16.5. The van der Waals surface area contributed by atoms with E-state index in [9.17, 15) is 0 Å². The molecule has 0 saturated carbocycles. The van der Waals surface area contributed by atoms with E-state index in [4.69, 9.17) is 9.47 Å². The molecule has 2 heteroatoms. The van der Waals surface area contributed by atoms with Gasteiger partial charge in [0.2, 0.25) is 0 Å². The molecule has 0 bridgehead atoms. The third-order valence-corrected chi connectivity index (χ3v) is 7.33. The van der Waals surface area contributed by atoms with Crippen molar-refractivity contribution < 1.29 is 9.47 Å². The van der Waals surface area contributed by atoms with Gasteiger partial charge in [-0.15, -0.1) is 0 Å². The number of hydrogen-bond acceptors (Lipinski definition) is 2. The van der Waals surface area contributed by atoms with E-state index >= 15 is 0 Å². The Labute approximate surface area is 239 Å². The lowest BCUT2D eigenvalue weighted by atomic mass is 9.98. The fraction of sp³-hybridized carbons (Fsp3) is 0.211. The Balaban J connectivity index is 1.26. The van der Waals surface area contributed by atoms with Crippen molar-refractivity contribution in [2.24, 2.45) is 0 Å². The van der Waals surface area contributed by atoms with Gasteiger partial charge in [-0.1, -0.05) is 131 Å². The van der Waals surface area contributed by atoms with Gasteiger partial charge in [-0.2, -0.15) is 0 Å². The molecule has 0 aromatic heterocycles. The van der Waals surface area contributed by atoms with Crippen LogP contribution in [-0.2, 0) is 13.2 Å². The zero-order chi connectivity index (χ0) is 27.9. The van der Waals surface area contributed by atoms with Gasteiger partial charge in [-0.05, 0) is 63.4 Å². The molecule has 5 aromatic carbocycles. The third-order valence-electron chi connectivity index (χ3n) is 7.33. The Bertz CT molecular complexity index is 1410. The standard InChI is InChI=1S/C38H38O2/c1-27(2)31-16-20-33(21-17-31)35-12-5-7-14-37(35)39-25-29-10-9-11-30(24-29)26-40-38-15-8-6-13-36(38)34-22-18-32(19-23-34)28(3)4/h5-24,27-28H,25-26H2,1-4H3. The molecule has 0 aliphatic carbocycles. The average molecular weight is 527 g/mol. The maximum atomic E-state index is 6.34. The van der Waals surface area contributed by atoms with Crippen LogP contribution < -0.4 is 9.47 Å². The van der Waals surface area contributed by atoms with Crippen LogP contribution >= 0.6 is 0 Å². The van der Waals surface area contributed by atoms with Crippen molar-refractivity contribution in [3.63, 3.8) is 0 Å². The minimum absolute atomic E-state index is 0.494. The summed E-state index contributed by atoms with van der Waals surface area (Å²) in [7, 11) is 0. The summed E-state index contributed by atoms with van der Waals surface area (Å²) in [6, 6.07) is 42.5. The van der Waals surface area contributed by atoms with Crippen LogP contribution in [0.2, 0.25) is 0 Å². The van der Waals surface area contributed by atoms with E-state index in [2.05, 4.69) is 125 Å². The van der Waals surface area contributed by atoms with Gasteiger partial charge in [0, 0.05) is 11.1 Å². The number of rotatable bonds is 10. The van der Waals surface area contributed by atoms with E-state index in [0.29, 0.717) is 25.0 Å². The van der Waals surface area contributed by atoms with Crippen LogP contribution in [-0.4, -0.2) is 0 Å². The van der Waals surface area contributed by atoms with Crippen LogP contribution in [0, 0.1) is 0 Å². The fourth-order valence-electron chi connectivity index (χ4n) is 4.89. The zero-order valence-electron chi connectivity index (χ0n) is 23.9. The van der Waals surface area contributed by atoms with Crippen LogP contribution in [0.25, 0.3) is 22.3 Å². The van der Waals surface area contributed by atoms with E-state index < -0.39 is 0 Å². The largest absolute Gasteiger partial charge is 0.488 e. The molecular formula is C38H38O2. The molecule has 0 radical (unpaired) electrons. The van der Waals surface area contributed by atoms with Crippen molar-refractivity contribution >= 4 is 0 Å². The SMILES string of the molecule is CC(C)c1ccc(-c2ccccc2OCc2cccc(COc3ccccc3-c3ccc(C(C)C)cc3)c2)cc1. The van der Waals surface area contributed by atoms with Crippen LogP contribution in [0.5, 0.6) is 11.5 Å². The highest BCUT2D eigenvalue weighted by molar-refractivity contribution is 5.71. The first-order valence-electron chi connectivity index (χ1n) is 14.2. The zero-order valence-corrected chi connectivity index (χ0v) is 23.9. The number of para-hydroxylation sites is 2. The third kappa shape index (κ3) is 6.63. The molecule has 40 heavy (non-hydrogen) atoms. The van der Waals surface area contributed by atoms with Gasteiger partial charge < -0.3 is 9.47 Å². The Morgan fingerprint density at radius 3 is 1.25 bits per heavy atom. The van der Waals surface area contributed by atoms with E-state index in [1.807, 2.05) is 24.3 Å². The molecule has 0 saturated heterocycles. The van der Waals surface area contributed by atoms with E-state index in [1.165, 1.54) is 22.3 Å². The molecule has 2 nitrogen and oxygen atoms in total. The van der Waals surface area contributed by atoms with Crippen LogP contribution in [0.1, 0.15) is 61.8 Å². The van der Waals surface area contributed by atoms with Gasteiger partial charge in [-0.3, -0.25) is 0 Å². The maximum absolute atomic E-state index is 6.34. The number of benzene rings is 5. The number of ether oxygens (including phenoxy) is 2. The molecule has 0 aliphatic heterocycles. The Morgan fingerprint density at radius 1 is 0.450 bits per heavy atom. The summed E-state index contributed by atoms with van der Waals surface area (Å²) in [6.45, 7) is 9.86. The maximum Gasteiger partial charge on any atom is 0.127 e. The lowest BCUT2D eigenvalue weighted by molar-refractivity contribution is 0.301. The van der Waals surface area contributed by atoms with Gasteiger partial charge in [-0.25, -0.2) is 0 Å². The second kappa shape index (κ2) is 12.7. The summed E-state index contributed by atoms with van der Waals surface area (Å²) in [6.07, 6.45) is 0. The minimum Gasteiger partial charge on any atom is -0.488 e. The first-order valence-corrected chi connectivity index (χ1v) is 14.2. The van der Waals surface area contributed by atoms with Gasteiger partial charge in [0.25, 0.3) is 0 Å². The van der Waals surface area contributed by atoms with E-state index in [-0.39, 0.29) is 0 Å². The quantitative estimate of drug-likeness (QED) is 0.180. The smallest absolute Gasteiger partial charge is 0.127 e. The van der Waals surface area contributed by atoms with Gasteiger partial charge in [0.05, 0.1) is 0 Å².